The first-order chi connectivity index (χ1) is 22.0. The molecular weight excluding hydrogens is 572 g/mol. The van der Waals surface area contributed by atoms with E-state index >= 15 is 0 Å². The van der Waals surface area contributed by atoms with E-state index in [1.807, 2.05) is 50.2 Å². The number of ether oxygens (including phenoxy) is 3. The van der Waals surface area contributed by atoms with Crippen LogP contribution >= 0.6 is 0 Å². The van der Waals surface area contributed by atoms with Gasteiger partial charge in [-0.1, -0.05) is 13.3 Å². The molecular formula is C33H44N8O4. The molecule has 3 fully saturated rings. The largest absolute Gasteiger partial charge is 0.491 e. The van der Waals surface area contributed by atoms with Gasteiger partial charge in [0.15, 0.2) is 5.79 Å². The van der Waals surface area contributed by atoms with Crippen molar-refractivity contribution in [1.82, 2.24) is 20.3 Å². The number of aromatic nitrogens is 3. The fourth-order valence-electron chi connectivity index (χ4n) is 6.08. The highest BCUT2D eigenvalue weighted by Crippen LogP contribution is 2.43. The number of hydrogen-bond acceptors (Lipinski definition) is 9. The molecule has 2 N–H and O–H groups in total. The SMILES string of the molecule is CCC(C)NC(=O)N(C=N)c1ccc(N2CCN(c3ccc(OCC4COC(Cn5nccn5)(C5CCC5)O4)cc3)CC2)cc1. The lowest BCUT2D eigenvalue weighted by atomic mass is 9.78. The summed E-state index contributed by atoms with van der Waals surface area (Å²) < 4.78 is 18.9. The van der Waals surface area contributed by atoms with E-state index in [1.165, 1.54) is 17.0 Å². The summed E-state index contributed by atoms with van der Waals surface area (Å²) in [6.07, 6.45) is 8.50. The highest BCUT2D eigenvalue weighted by Gasteiger charge is 2.51. The Labute approximate surface area is 264 Å². The summed E-state index contributed by atoms with van der Waals surface area (Å²) in [5.41, 5.74) is 2.95. The molecule has 0 radical (unpaired) electrons. The minimum Gasteiger partial charge on any atom is -0.491 e. The first-order valence-electron chi connectivity index (χ1n) is 16.1. The fraction of sp³-hybridized carbons (Fsp3) is 0.515. The quantitative estimate of drug-likeness (QED) is 0.225. The summed E-state index contributed by atoms with van der Waals surface area (Å²) >= 11 is 0. The average molecular weight is 617 g/mol. The highest BCUT2D eigenvalue weighted by molar-refractivity contribution is 6.06. The van der Waals surface area contributed by atoms with Crippen LogP contribution in [0.3, 0.4) is 0 Å². The third-order valence-electron chi connectivity index (χ3n) is 9.18. The van der Waals surface area contributed by atoms with Gasteiger partial charge >= 0.3 is 6.03 Å². The first kappa shape index (κ1) is 30.8. The highest BCUT2D eigenvalue weighted by atomic mass is 16.8. The molecule has 2 saturated heterocycles. The van der Waals surface area contributed by atoms with Gasteiger partial charge in [0, 0.05) is 49.5 Å². The van der Waals surface area contributed by atoms with E-state index in [2.05, 4.69) is 37.4 Å². The van der Waals surface area contributed by atoms with Crippen molar-refractivity contribution >= 4 is 29.4 Å². The second-order valence-corrected chi connectivity index (χ2v) is 12.1. The van der Waals surface area contributed by atoms with Crippen molar-refractivity contribution in [2.45, 2.75) is 64.0 Å². The second-order valence-electron chi connectivity index (χ2n) is 12.1. The van der Waals surface area contributed by atoms with Crippen molar-refractivity contribution in [3.05, 3.63) is 60.9 Å². The van der Waals surface area contributed by atoms with Crippen molar-refractivity contribution in [2.24, 2.45) is 5.92 Å². The predicted molar refractivity (Wildman–Crippen MR) is 173 cm³/mol. The summed E-state index contributed by atoms with van der Waals surface area (Å²) in [5.74, 6) is 0.495. The summed E-state index contributed by atoms with van der Waals surface area (Å²) in [6.45, 7) is 8.96. The molecule has 2 aromatic carbocycles. The van der Waals surface area contributed by atoms with Crippen LogP contribution in [0.25, 0.3) is 0 Å². The van der Waals surface area contributed by atoms with Gasteiger partial charge in [0.2, 0.25) is 0 Å². The van der Waals surface area contributed by atoms with Crippen molar-refractivity contribution in [1.29, 1.82) is 5.41 Å². The maximum Gasteiger partial charge on any atom is 0.327 e. The third-order valence-corrected chi connectivity index (χ3v) is 9.18. The van der Waals surface area contributed by atoms with Gasteiger partial charge in [0.25, 0.3) is 0 Å². The molecule has 3 aliphatic rings. The first-order valence-corrected chi connectivity index (χ1v) is 16.1. The smallest absolute Gasteiger partial charge is 0.327 e. The number of anilines is 3. The number of nitrogens with zero attached hydrogens (tertiary/aromatic N) is 6. The summed E-state index contributed by atoms with van der Waals surface area (Å²) in [5, 5.41) is 19.2. The zero-order chi connectivity index (χ0) is 31.2. The van der Waals surface area contributed by atoms with Crippen molar-refractivity contribution in [3.8, 4) is 5.75 Å². The predicted octanol–water partition coefficient (Wildman–Crippen LogP) is 4.52. The van der Waals surface area contributed by atoms with Crippen LogP contribution in [-0.4, -0.2) is 84.7 Å². The molecule has 0 bridgehead atoms. The van der Waals surface area contributed by atoms with Crippen molar-refractivity contribution < 1.29 is 19.0 Å². The van der Waals surface area contributed by atoms with Crippen molar-refractivity contribution in [3.63, 3.8) is 0 Å². The zero-order valence-corrected chi connectivity index (χ0v) is 26.2. The maximum absolute atomic E-state index is 12.6. The van der Waals surface area contributed by atoms with Gasteiger partial charge < -0.3 is 29.3 Å². The topological polar surface area (TPSA) is 121 Å². The van der Waals surface area contributed by atoms with Gasteiger partial charge in [-0.25, -0.2) is 4.79 Å². The number of hydrogen-bond donors (Lipinski definition) is 2. The van der Waals surface area contributed by atoms with E-state index in [9.17, 15) is 4.79 Å². The number of rotatable bonds is 12. The molecule has 3 heterocycles. The third kappa shape index (κ3) is 7.07. The average Bonchev–Trinajstić information content (AvgIpc) is 3.70. The molecule has 12 heteroatoms. The molecule has 45 heavy (non-hydrogen) atoms. The Hall–Kier alpha value is -4.16. The number of benzene rings is 2. The number of piperazine rings is 1. The molecule has 1 saturated carbocycles. The van der Waals surface area contributed by atoms with Crippen LogP contribution < -0.4 is 24.8 Å². The van der Waals surface area contributed by atoms with Gasteiger partial charge in [0.05, 0.1) is 31.0 Å². The summed E-state index contributed by atoms with van der Waals surface area (Å²) in [7, 11) is 0. The Morgan fingerprint density at radius 3 is 2.24 bits per heavy atom. The lowest BCUT2D eigenvalue weighted by Crippen LogP contribution is -2.47. The summed E-state index contributed by atoms with van der Waals surface area (Å²) in [4.78, 5) is 20.3. The van der Waals surface area contributed by atoms with E-state index in [-0.39, 0.29) is 18.2 Å². The Morgan fingerprint density at radius 2 is 1.69 bits per heavy atom. The monoisotopic (exact) mass is 616 g/mol. The zero-order valence-electron chi connectivity index (χ0n) is 26.2. The molecule has 3 atom stereocenters. The van der Waals surface area contributed by atoms with Crippen LogP contribution in [-0.2, 0) is 16.0 Å². The van der Waals surface area contributed by atoms with Crippen LogP contribution in [0, 0.1) is 11.3 Å². The maximum atomic E-state index is 12.6. The number of nitrogens with one attached hydrogen (secondary N) is 2. The Balaban J connectivity index is 0.971. The Morgan fingerprint density at radius 1 is 1.07 bits per heavy atom. The Kier molecular flexibility index (Phi) is 9.50. The van der Waals surface area contributed by atoms with E-state index < -0.39 is 5.79 Å². The van der Waals surface area contributed by atoms with Crippen molar-refractivity contribution in [2.75, 3.05) is 54.1 Å². The molecule has 1 aliphatic carbocycles. The van der Waals surface area contributed by atoms with Gasteiger partial charge in [-0.15, -0.1) is 0 Å². The standard InChI is InChI=1S/C33H44N8O4/c1-3-25(2)37-32(42)40(24-34)29-9-7-27(8-10-29)38-17-19-39(20-18-38)28-11-13-30(14-12-28)43-21-31-22-44-33(45-31,26-5-4-6-26)23-41-35-15-16-36-41/h7-16,24-26,31,34H,3-6,17-23H2,1-2H3,(H,37,42). The van der Waals surface area contributed by atoms with Gasteiger partial charge in [-0.05, 0) is 74.7 Å². The van der Waals surface area contributed by atoms with Crippen LogP contribution in [0.5, 0.6) is 5.75 Å². The van der Waals surface area contributed by atoms with E-state index in [0.29, 0.717) is 31.4 Å². The van der Waals surface area contributed by atoms with E-state index in [1.54, 1.807) is 17.2 Å². The molecule has 12 nitrogen and oxygen atoms in total. The lowest BCUT2D eigenvalue weighted by molar-refractivity contribution is -0.233. The molecule has 1 aromatic heterocycles. The molecule has 0 spiro atoms. The normalized spacial score (nSPS) is 22.5. The van der Waals surface area contributed by atoms with Gasteiger partial charge in [-0.2, -0.15) is 15.0 Å². The van der Waals surface area contributed by atoms with E-state index in [4.69, 9.17) is 19.6 Å². The number of urea groups is 1. The van der Waals surface area contributed by atoms with Crippen LogP contribution in [0.15, 0.2) is 60.9 Å². The Bertz CT molecular complexity index is 1390. The molecule has 240 valence electrons. The molecule has 3 aromatic rings. The molecule has 3 unspecified atom stereocenters. The van der Waals surface area contributed by atoms with Gasteiger partial charge in [0.1, 0.15) is 25.0 Å². The lowest BCUT2D eigenvalue weighted by Gasteiger charge is -2.40. The van der Waals surface area contributed by atoms with Crippen LogP contribution in [0.1, 0.15) is 39.5 Å². The minimum atomic E-state index is -0.677. The minimum absolute atomic E-state index is 0.0511. The number of carbonyl (C=O) groups is 1. The van der Waals surface area contributed by atoms with Crippen LogP contribution in [0.4, 0.5) is 21.9 Å². The molecule has 6 rings (SSSR count). The number of amides is 2. The fourth-order valence-corrected chi connectivity index (χ4v) is 6.08. The second kappa shape index (κ2) is 13.9. The van der Waals surface area contributed by atoms with Crippen LogP contribution in [0.2, 0.25) is 0 Å². The molecule has 2 aliphatic heterocycles. The van der Waals surface area contributed by atoms with Gasteiger partial charge in [-0.3, -0.25) is 10.3 Å². The van der Waals surface area contributed by atoms with E-state index in [0.717, 1.165) is 63.2 Å². The summed E-state index contributed by atoms with van der Waals surface area (Å²) in [6, 6.07) is 15.9. The molecule has 2 amide bonds. The number of carbonyl (C=O) groups excluding carboxylic acids is 1.